The van der Waals surface area contributed by atoms with Gasteiger partial charge in [-0.2, -0.15) is 0 Å². The highest BCUT2D eigenvalue weighted by Crippen LogP contribution is 2.09. The number of carboxylic acid groups (broad SMARTS) is 1. The maximum atomic E-state index is 12.2. The second kappa shape index (κ2) is 7.40. The van der Waals surface area contributed by atoms with Gasteiger partial charge in [0, 0.05) is 18.8 Å². The van der Waals surface area contributed by atoms with Gasteiger partial charge in [-0.05, 0) is 24.6 Å². The van der Waals surface area contributed by atoms with Gasteiger partial charge in [0.2, 0.25) is 5.91 Å². The Bertz CT molecular complexity index is 654. The van der Waals surface area contributed by atoms with Crippen LogP contribution in [0.3, 0.4) is 0 Å². The first-order valence-corrected chi connectivity index (χ1v) is 8.76. The summed E-state index contributed by atoms with van der Waals surface area (Å²) in [5.41, 5.74) is 0.705. The second-order valence-corrected chi connectivity index (χ2v) is 7.63. The molecule has 0 spiro atoms. The van der Waals surface area contributed by atoms with E-state index in [1.807, 2.05) is 0 Å². The summed E-state index contributed by atoms with van der Waals surface area (Å²) >= 11 is 0. The normalized spacial score (nSPS) is 12.7. The summed E-state index contributed by atoms with van der Waals surface area (Å²) in [5.74, 6) is -1.34. The lowest BCUT2D eigenvalue weighted by molar-refractivity contribution is -0.130. The van der Waals surface area contributed by atoms with Crippen molar-refractivity contribution in [1.29, 1.82) is 0 Å². The molecule has 1 amide bonds. The van der Waals surface area contributed by atoms with Crippen molar-refractivity contribution in [2.45, 2.75) is 26.3 Å². The Morgan fingerprint density at radius 2 is 1.95 bits per heavy atom. The molecule has 1 aromatic rings. The van der Waals surface area contributed by atoms with Gasteiger partial charge >= 0.3 is 5.97 Å². The predicted octanol–water partition coefficient (Wildman–Crippen LogP) is 1.21. The van der Waals surface area contributed by atoms with Gasteiger partial charge in [-0.15, -0.1) is 0 Å². The molecule has 0 aliphatic carbocycles. The van der Waals surface area contributed by atoms with Gasteiger partial charge in [0.25, 0.3) is 0 Å². The fraction of sp³-hybridized carbons (Fsp3) is 0.467. The van der Waals surface area contributed by atoms with Crippen LogP contribution in [-0.2, 0) is 21.1 Å². The van der Waals surface area contributed by atoms with Crippen LogP contribution in [0.4, 0.5) is 0 Å². The third-order valence-corrected chi connectivity index (χ3v) is 5.39. The van der Waals surface area contributed by atoms with Crippen molar-refractivity contribution in [2.24, 2.45) is 0 Å². The number of benzene rings is 1. The molecule has 0 aliphatic heterocycles. The fourth-order valence-electron chi connectivity index (χ4n) is 1.96. The van der Waals surface area contributed by atoms with Crippen molar-refractivity contribution in [3.8, 4) is 0 Å². The number of hydrogen-bond donors (Lipinski definition) is 1. The number of carboxylic acids is 1. The third-order valence-electron chi connectivity index (χ3n) is 3.52. The summed E-state index contributed by atoms with van der Waals surface area (Å²) in [4.78, 5) is 24.5. The maximum absolute atomic E-state index is 12.2. The Balaban J connectivity index is 2.76. The molecule has 0 heterocycles. The molecule has 1 atom stereocenters. The van der Waals surface area contributed by atoms with Crippen LogP contribution in [0, 0.1) is 0 Å². The highest BCUT2D eigenvalue weighted by atomic mass is 32.2. The zero-order valence-corrected chi connectivity index (χ0v) is 13.8. The van der Waals surface area contributed by atoms with E-state index >= 15 is 0 Å². The molecule has 1 rings (SSSR count). The average molecular weight is 327 g/mol. The lowest BCUT2D eigenvalue weighted by atomic mass is 10.1. The van der Waals surface area contributed by atoms with E-state index in [4.69, 9.17) is 5.11 Å². The molecule has 0 aromatic heterocycles. The molecule has 1 aromatic carbocycles. The number of likely N-dealkylation sites (N-methyl/N-ethyl adjacent to an activating group) is 1. The lowest BCUT2D eigenvalue weighted by Gasteiger charge is -2.24. The van der Waals surface area contributed by atoms with Crippen LogP contribution in [0.25, 0.3) is 0 Å². The number of carbonyl (C=O) groups is 2. The largest absolute Gasteiger partial charge is 0.478 e. The van der Waals surface area contributed by atoms with Crippen molar-refractivity contribution >= 4 is 21.7 Å². The van der Waals surface area contributed by atoms with Gasteiger partial charge in [0.15, 0.2) is 9.84 Å². The van der Waals surface area contributed by atoms with Crippen LogP contribution < -0.4 is 0 Å². The molecule has 0 aliphatic rings. The van der Waals surface area contributed by atoms with E-state index in [1.165, 1.54) is 17.0 Å². The minimum Gasteiger partial charge on any atom is -0.478 e. The zero-order valence-electron chi connectivity index (χ0n) is 12.9. The Morgan fingerprint density at radius 1 is 1.32 bits per heavy atom. The summed E-state index contributed by atoms with van der Waals surface area (Å²) in [5, 5.41) is 8.93. The molecule has 0 bridgehead atoms. The maximum Gasteiger partial charge on any atom is 0.335 e. The van der Waals surface area contributed by atoms with E-state index in [1.54, 1.807) is 33.0 Å². The predicted molar refractivity (Wildman–Crippen MR) is 83.7 cm³/mol. The molecule has 122 valence electrons. The molecule has 0 radical (unpaired) electrons. The molecule has 0 saturated heterocycles. The van der Waals surface area contributed by atoms with Gasteiger partial charge in [0.05, 0.1) is 17.7 Å². The first-order valence-electron chi connectivity index (χ1n) is 6.94. The minimum atomic E-state index is -3.16. The smallest absolute Gasteiger partial charge is 0.335 e. The van der Waals surface area contributed by atoms with E-state index in [2.05, 4.69) is 0 Å². The summed E-state index contributed by atoms with van der Waals surface area (Å²) in [6.45, 7) is 3.25. The molecular weight excluding hydrogens is 306 g/mol. The monoisotopic (exact) mass is 327 g/mol. The highest BCUT2D eigenvalue weighted by molar-refractivity contribution is 7.91. The molecule has 1 N–H and O–H groups in total. The van der Waals surface area contributed by atoms with Crippen LogP contribution in [0.1, 0.15) is 29.8 Å². The van der Waals surface area contributed by atoms with Crippen LogP contribution >= 0.6 is 0 Å². The van der Waals surface area contributed by atoms with Gasteiger partial charge in [-0.3, -0.25) is 4.79 Å². The first-order chi connectivity index (χ1) is 10.2. The van der Waals surface area contributed by atoms with Crippen molar-refractivity contribution in [2.75, 3.05) is 18.6 Å². The van der Waals surface area contributed by atoms with Crippen molar-refractivity contribution in [1.82, 2.24) is 4.90 Å². The molecule has 0 saturated carbocycles. The number of aromatic carboxylic acids is 1. The summed E-state index contributed by atoms with van der Waals surface area (Å²) < 4.78 is 23.2. The number of amides is 1. The number of nitrogens with zero attached hydrogens (tertiary/aromatic N) is 1. The molecular formula is C15H21NO5S. The highest BCUT2D eigenvalue weighted by Gasteiger charge is 2.21. The number of hydrogen-bond acceptors (Lipinski definition) is 4. The number of carbonyl (C=O) groups excluding carboxylic acids is 1. The molecule has 1 unspecified atom stereocenters. The van der Waals surface area contributed by atoms with Gasteiger partial charge in [-0.1, -0.05) is 19.1 Å². The van der Waals surface area contributed by atoms with Crippen molar-refractivity contribution in [3.05, 3.63) is 35.4 Å². The third kappa shape index (κ3) is 5.14. The Kier molecular flexibility index (Phi) is 6.11. The van der Waals surface area contributed by atoms with E-state index in [0.29, 0.717) is 5.56 Å². The minimum absolute atomic E-state index is 0.0358. The van der Waals surface area contributed by atoms with E-state index in [9.17, 15) is 18.0 Å². The summed E-state index contributed by atoms with van der Waals surface area (Å²) in [6, 6.07) is 5.72. The van der Waals surface area contributed by atoms with Gasteiger partial charge < -0.3 is 10.0 Å². The first kappa shape index (κ1) is 18.2. The van der Waals surface area contributed by atoms with Gasteiger partial charge in [-0.25, -0.2) is 13.2 Å². The van der Waals surface area contributed by atoms with Crippen LogP contribution in [0.5, 0.6) is 0 Å². The van der Waals surface area contributed by atoms with Crippen molar-refractivity contribution in [3.63, 3.8) is 0 Å². The van der Waals surface area contributed by atoms with Crippen LogP contribution in [0.2, 0.25) is 0 Å². The Hall–Kier alpha value is -1.89. The fourth-order valence-corrected chi connectivity index (χ4v) is 3.15. The quantitative estimate of drug-likeness (QED) is 0.812. The standard InChI is InChI=1S/C15H21NO5S/c1-4-22(20,21)10-11(2)16(3)14(17)9-12-6-5-7-13(8-12)15(18)19/h5-8,11H,4,9-10H2,1-3H3,(H,18,19). The molecule has 22 heavy (non-hydrogen) atoms. The van der Waals surface area contributed by atoms with E-state index < -0.39 is 21.8 Å². The summed E-state index contributed by atoms with van der Waals surface area (Å²) in [7, 11) is -1.60. The average Bonchev–Trinajstić information content (AvgIpc) is 2.46. The topological polar surface area (TPSA) is 91.8 Å². The Labute approximate surface area is 130 Å². The van der Waals surface area contributed by atoms with Gasteiger partial charge in [0.1, 0.15) is 0 Å². The van der Waals surface area contributed by atoms with Crippen LogP contribution in [-0.4, -0.2) is 54.9 Å². The molecule has 7 heteroatoms. The lowest BCUT2D eigenvalue weighted by Crippen LogP contribution is -2.40. The SMILES string of the molecule is CCS(=O)(=O)CC(C)N(C)C(=O)Cc1cccc(C(=O)O)c1. The van der Waals surface area contributed by atoms with E-state index in [0.717, 1.165) is 0 Å². The Morgan fingerprint density at radius 3 is 2.50 bits per heavy atom. The zero-order chi connectivity index (χ0) is 16.9. The molecule has 0 fully saturated rings. The van der Waals surface area contributed by atoms with Crippen LogP contribution in [0.15, 0.2) is 24.3 Å². The van der Waals surface area contributed by atoms with Crippen molar-refractivity contribution < 1.29 is 23.1 Å². The second-order valence-electron chi connectivity index (χ2n) is 5.23. The number of sulfone groups is 1. The number of rotatable bonds is 7. The molecule has 6 nitrogen and oxygen atoms in total. The van der Waals surface area contributed by atoms with E-state index in [-0.39, 0.29) is 29.4 Å². The summed E-state index contributed by atoms with van der Waals surface area (Å²) in [6.07, 6.45) is 0.0358.